The van der Waals surface area contributed by atoms with Crippen molar-refractivity contribution in [1.82, 2.24) is 5.32 Å². The largest absolute Gasteiger partial charge is 0.364 e. The van der Waals surface area contributed by atoms with Gasteiger partial charge in [-0.25, -0.2) is 0 Å². The zero-order valence-electron chi connectivity index (χ0n) is 9.83. The Kier molecular flexibility index (Phi) is 4.30. The highest BCUT2D eigenvalue weighted by atomic mass is 32.2. The van der Waals surface area contributed by atoms with Gasteiger partial charge in [-0.3, -0.25) is 9.20 Å². The first-order valence-electron chi connectivity index (χ1n) is 5.91. The van der Waals surface area contributed by atoms with Gasteiger partial charge in [-0.05, 0) is 18.3 Å². The molecule has 1 fully saturated rings. The molecule has 0 bridgehead atoms. The summed E-state index contributed by atoms with van der Waals surface area (Å²) >= 11 is 1.85. The van der Waals surface area contributed by atoms with Crippen LogP contribution in [-0.4, -0.2) is 40.2 Å². The van der Waals surface area contributed by atoms with Crippen molar-refractivity contribution in [1.29, 1.82) is 0 Å². The molecule has 0 saturated heterocycles. The topological polar surface area (TPSA) is 41.5 Å². The first-order valence-corrected chi connectivity index (χ1v) is 8.63. The van der Waals surface area contributed by atoms with Gasteiger partial charge in [0.15, 0.2) is 5.17 Å². The van der Waals surface area contributed by atoms with Gasteiger partial charge in [0.25, 0.3) is 0 Å². The van der Waals surface area contributed by atoms with Crippen LogP contribution in [-0.2, 0) is 10.8 Å². The van der Waals surface area contributed by atoms with Crippen LogP contribution in [0.4, 0.5) is 0 Å². The highest BCUT2D eigenvalue weighted by molar-refractivity contribution is 8.13. The SMILES string of the molecule is CS(=O)CCNC1=NCC2(CCCC2)CS1. The third-order valence-electron chi connectivity index (χ3n) is 3.40. The molecule has 1 saturated carbocycles. The van der Waals surface area contributed by atoms with Crippen LogP contribution in [0.3, 0.4) is 0 Å². The molecule has 1 unspecified atom stereocenters. The maximum Gasteiger partial charge on any atom is 0.156 e. The van der Waals surface area contributed by atoms with E-state index in [-0.39, 0.29) is 0 Å². The summed E-state index contributed by atoms with van der Waals surface area (Å²) in [6.45, 7) is 1.78. The first-order chi connectivity index (χ1) is 7.70. The lowest BCUT2D eigenvalue weighted by molar-refractivity contribution is 0.358. The fourth-order valence-corrected chi connectivity index (χ4v) is 3.96. The number of aliphatic imine (C=N–C) groups is 1. The van der Waals surface area contributed by atoms with Crippen LogP contribution in [0, 0.1) is 5.41 Å². The van der Waals surface area contributed by atoms with E-state index in [2.05, 4.69) is 10.3 Å². The van der Waals surface area contributed by atoms with Crippen molar-refractivity contribution in [2.75, 3.05) is 30.9 Å². The van der Waals surface area contributed by atoms with Crippen molar-refractivity contribution in [3.63, 3.8) is 0 Å². The number of hydrogen-bond donors (Lipinski definition) is 1. The van der Waals surface area contributed by atoms with E-state index in [1.807, 2.05) is 11.8 Å². The number of amidine groups is 1. The highest BCUT2D eigenvalue weighted by Gasteiger charge is 2.36. The molecule has 1 aliphatic heterocycles. The summed E-state index contributed by atoms with van der Waals surface area (Å²) in [7, 11) is -0.705. The van der Waals surface area contributed by atoms with Gasteiger partial charge in [0.1, 0.15) is 0 Å². The van der Waals surface area contributed by atoms with Gasteiger partial charge in [0.05, 0.1) is 0 Å². The maximum atomic E-state index is 10.9. The third-order valence-corrected chi connectivity index (χ3v) is 5.49. The second kappa shape index (κ2) is 5.54. The van der Waals surface area contributed by atoms with Gasteiger partial charge in [0, 0.05) is 41.7 Å². The fourth-order valence-electron chi connectivity index (χ4n) is 2.39. The standard InChI is InChI=1S/C11H20N2OS2/c1-16(14)7-6-12-10-13-8-11(9-15-10)4-2-3-5-11/h2-9H2,1H3,(H,12,13). The number of nitrogens with zero attached hydrogens (tertiary/aromatic N) is 1. The van der Waals surface area contributed by atoms with Crippen molar-refractivity contribution in [3.05, 3.63) is 0 Å². The van der Waals surface area contributed by atoms with Gasteiger partial charge in [-0.15, -0.1) is 0 Å². The van der Waals surface area contributed by atoms with E-state index >= 15 is 0 Å². The molecule has 0 amide bonds. The Morgan fingerprint density at radius 3 is 2.81 bits per heavy atom. The molecule has 2 rings (SSSR count). The number of nitrogens with one attached hydrogen (secondary N) is 1. The van der Waals surface area contributed by atoms with Gasteiger partial charge < -0.3 is 5.32 Å². The summed E-state index contributed by atoms with van der Waals surface area (Å²) in [6, 6.07) is 0. The fraction of sp³-hybridized carbons (Fsp3) is 0.909. The minimum atomic E-state index is -0.705. The average Bonchev–Trinajstić information content (AvgIpc) is 2.70. The summed E-state index contributed by atoms with van der Waals surface area (Å²) in [5.74, 6) is 1.93. The molecule has 1 aliphatic carbocycles. The van der Waals surface area contributed by atoms with E-state index in [0.29, 0.717) is 11.2 Å². The Bertz CT molecular complexity index is 298. The molecule has 1 heterocycles. The monoisotopic (exact) mass is 260 g/mol. The molecule has 3 nitrogen and oxygen atoms in total. The van der Waals surface area contributed by atoms with Crippen molar-refractivity contribution < 1.29 is 4.21 Å². The van der Waals surface area contributed by atoms with Crippen LogP contribution in [0.25, 0.3) is 0 Å². The van der Waals surface area contributed by atoms with E-state index in [4.69, 9.17) is 0 Å². The van der Waals surface area contributed by atoms with Gasteiger partial charge in [-0.2, -0.15) is 0 Å². The van der Waals surface area contributed by atoms with Crippen molar-refractivity contribution in [2.45, 2.75) is 25.7 Å². The summed E-state index contributed by atoms with van der Waals surface area (Å²) in [6.07, 6.45) is 7.22. The molecule has 5 heteroatoms. The van der Waals surface area contributed by atoms with Crippen LogP contribution in [0.1, 0.15) is 25.7 Å². The molecule has 16 heavy (non-hydrogen) atoms. The Morgan fingerprint density at radius 2 is 2.25 bits per heavy atom. The van der Waals surface area contributed by atoms with Crippen molar-refractivity contribution in [3.8, 4) is 0 Å². The molecule has 0 radical (unpaired) electrons. The zero-order chi connectivity index (χ0) is 11.4. The van der Waals surface area contributed by atoms with Crippen LogP contribution in [0.2, 0.25) is 0 Å². The lowest BCUT2D eigenvalue weighted by Crippen LogP contribution is -2.34. The lowest BCUT2D eigenvalue weighted by atomic mass is 9.89. The van der Waals surface area contributed by atoms with E-state index in [9.17, 15) is 4.21 Å². The quantitative estimate of drug-likeness (QED) is 0.838. The molecule has 1 atom stereocenters. The Morgan fingerprint density at radius 1 is 1.50 bits per heavy atom. The minimum absolute atomic E-state index is 0.517. The molecule has 92 valence electrons. The summed E-state index contributed by atoms with van der Waals surface area (Å²) in [5, 5.41) is 4.34. The van der Waals surface area contributed by atoms with Crippen LogP contribution >= 0.6 is 11.8 Å². The van der Waals surface area contributed by atoms with E-state index in [1.165, 1.54) is 31.4 Å². The first kappa shape index (κ1) is 12.4. The van der Waals surface area contributed by atoms with Crippen molar-refractivity contribution >= 4 is 27.7 Å². The van der Waals surface area contributed by atoms with Crippen LogP contribution in [0.5, 0.6) is 0 Å². The highest BCUT2D eigenvalue weighted by Crippen LogP contribution is 2.43. The van der Waals surface area contributed by atoms with Gasteiger partial charge in [-0.1, -0.05) is 24.6 Å². The number of rotatable bonds is 3. The molecule has 0 aromatic carbocycles. The summed E-state index contributed by atoms with van der Waals surface area (Å²) in [5.41, 5.74) is 0.517. The van der Waals surface area contributed by atoms with E-state index in [0.717, 1.165) is 18.3 Å². The molecular formula is C11H20N2OS2. The predicted molar refractivity (Wildman–Crippen MR) is 72.6 cm³/mol. The molecular weight excluding hydrogens is 240 g/mol. The molecule has 0 aromatic rings. The molecule has 2 aliphatic rings. The minimum Gasteiger partial charge on any atom is -0.364 e. The Labute approximate surface area is 104 Å². The number of thioether (sulfide) groups is 1. The summed E-state index contributed by atoms with van der Waals surface area (Å²) in [4.78, 5) is 4.63. The van der Waals surface area contributed by atoms with Gasteiger partial charge in [0.2, 0.25) is 0 Å². The molecule has 1 spiro atoms. The maximum absolute atomic E-state index is 10.9. The van der Waals surface area contributed by atoms with Gasteiger partial charge >= 0.3 is 0 Å². The van der Waals surface area contributed by atoms with E-state index in [1.54, 1.807) is 6.26 Å². The molecule has 0 aromatic heterocycles. The summed E-state index contributed by atoms with van der Waals surface area (Å²) < 4.78 is 10.9. The predicted octanol–water partition coefficient (Wildman–Crippen LogP) is 1.62. The normalized spacial score (nSPS) is 25.4. The Balaban J connectivity index is 1.77. The second-order valence-corrected chi connectivity index (χ2v) is 7.34. The van der Waals surface area contributed by atoms with E-state index < -0.39 is 10.8 Å². The zero-order valence-corrected chi connectivity index (χ0v) is 11.5. The lowest BCUT2D eigenvalue weighted by Gasteiger charge is -2.31. The second-order valence-electron chi connectivity index (χ2n) is 4.82. The smallest absolute Gasteiger partial charge is 0.156 e. The third kappa shape index (κ3) is 3.23. The van der Waals surface area contributed by atoms with Crippen LogP contribution in [0.15, 0.2) is 4.99 Å². The molecule has 1 N–H and O–H groups in total. The van der Waals surface area contributed by atoms with Crippen molar-refractivity contribution in [2.24, 2.45) is 10.4 Å². The number of hydrogen-bond acceptors (Lipinski definition) is 4. The Hall–Kier alpha value is -0.0300. The average molecular weight is 260 g/mol. The van der Waals surface area contributed by atoms with Crippen LogP contribution < -0.4 is 5.32 Å².